The number of rotatable bonds is 4. The number of hydrogen-bond acceptors (Lipinski definition) is 5. The van der Waals surface area contributed by atoms with Crippen molar-refractivity contribution in [1.29, 1.82) is 0 Å². The number of non-ortho nitro benzene ring substituents is 1. The van der Waals surface area contributed by atoms with Gasteiger partial charge in [0.05, 0.1) is 27.1 Å². The Kier molecular flexibility index (Phi) is 4.53. The Bertz CT molecular complexity index is 924. The van der Waals surface area contributed by atoms with Crippen LogP contribution in [0.25, 0.3) is 22.6 Å². The monoisotopic (exact) mass is 364 g/mol. The highest BCUT2D eigenvalue weighted by atomic mass is 35.5. The highest BCUT2D eigenvalue weighted by molar-refractivity contribution is 6.42. The van der Waals surface area contributed by atoms with Crippen LogP contribution in [-0.2, 0) is 6.61 Å². The molecule has 0 atom stereocenters. The molecule has 0 radical (unpaired) electrons. The summed E-state index contributed by atoms with van der Waals surface area (Å²) in [7, 11) is 0. The Morgan fingerprint density at radius 2 is 1.92 bits per heavy atom. The van der Waals surface area contributed by atoms with E-state index in [2.05, 4.69) is 5.16 Å². The van der Waals surface area contributed by atoms with Crippen molar-refractivity contribution in [1.82, 2.24) is 5.16 Å². The van der Waals surface area contributed by atoms with Crippen molar-refractivity contribution in [2.75, 3.05) is 0 Å². The largest absolute Gasteiger partial charge is 0.391 e. The van der Waals surface area contributed by atoms with Gasteiger partial charge in [0, 0.05) is 23.3 Å². The molecule has 1 aromatic heterocycles. The molecule has 0 aliphatic carbocycles. The molecule has 0 saturated carbocycles. The quantitative estimate of drug-likeness (QED) is 0.534. The number of hydrogen-bond donors (Lipinski definition) is 1. The third kappa shape index (κ3) is 2.99. The van der Waals surface area contributed by atoms with Gasteiger partial charge in [0.25, 0.3) is 5.69 Å². The molecule has 3 rings (SSSR count). The average molecular weight is 365 g/mol. The van der Waals surface area contributed by atoms with Gasteiger partial charge in [-0.1, -0.05) is 46.6 Å². The number of aliphatic hydroxyl groups is 1. The lowest BCUT2D eigenvalue weighted by Crippen LogP contribution is -1.91. The third-order valence-corrected chi connectivity index (χ3v) is 4.20. The molecule has 8 heteroatoms. The van der Waals surface area contributed by atoms with Crippen molar-refractivity contribution in [3.05, 3.63) is 68.2 Å². The molecular weight excluding hydrogens is 355 g/mol. The van der Waals surface area contributed by atoms with Crippen LogP contribution in [0.3, 0.4) is 0 Å². The fourth-order valence-corrected chi connectivity index (χ4v) is 2.61. The summed E-state index contributed by atoms with van der Waals surface area (Å²) in [5.74, 6) is 0.266. The summed E-state index contributed by atoms with van der Waals surface area (Å²) >= 11 is 11.9. The second-order valence-corrected chi connectivity index (χ2v) is 5.75. The molecule has 1 heterocycles. The van der Waals surface area contributed by atoms with Crippen molar-refractivity contribution in [2.24, 2.45) is 0 Å². The van der Waals surface area contributed by atoms with E-state index in [1.54, 1.807) is 24.3 Å². The van der Waals surface area contributed by atoms with Crippen LogP contribution >= 0.6 is 23.2 Å². The molecule has 0 aliphatic rings. The smallest absolute Gasteiger partial charge is 0.270 e. The van der Waals surface area contributed by atoms with Crippen molar-refractivity contribution in [3.63, 3.8) is 0 Å². The Morgan fingerprint density at radius 1 is 1.12 bits per heavy atom. The summed E-state index contributed by atoms with van der Waals surface area (Å²) in [6, 6.07) is 10.8. The predicted octanol–water partition coefficient (Wildman–Crippen LogP) is 4.72. The average Bonchev–Trinajstić information content (AvgIpc) is 3.01. The lowest BCUT2D eigenvalue weighted by Gasteiger charge is -2.03. The molecule has 122 valence electrons. The molecule has 24 heavy (non-hydrogen) atoms. The molecule has 0 spiro atoms. The molecule has 0 fully saturated rings. The highest BCUT2D eigenvalue weighted by Crippen LogP contribution is 2.35. The van der Waals surface area contributed by atoms with E-state index in [0.717, 1.165) is 0 Å². The van der Waals surface area contributed by atoms with Gasteiger partial charge >= 0.3 is 0 Å². The number of aliphatic hydroxyl groups excluding tert-OH is 1. The second kappa shape index (κ2) is 6.60. The van der Waals surface area contributed by atoms with E-state index in [-0.39, 0.29) is 18.1 Å². The summed E-state index contributed by atoms with van der Waals surface area (Å²) in [6.07, 6.45) is 0. The fourth-order valence-electron chi connectivity index (χ4n) is 2.31. The molecule has 2 aromatic carbocycles. The lowest BCUT2D eigenvalue weighted by atomic mass is 10.0. The molecular formula is C16H10Cl2N2O4. The van der Waals surface area contributed by atoms with Crippen molar-refractivity contribution >= 4 is 28.9 Å². The van der Waals surface area contributed by atoms with Crippen LogP contribution in [0.15, 0.2) is 47.0 Å². The van der Waals surface area contributed by atoms with E-state index < -0.39 is 4.92 Å². The molecule has 0 saturated heterocycles. The van der Waals surface area contributed by atoms with Gasteiger partial charge in [0.1, 0.15) is 5.69 Å². The van der Waals surface area contributed by atoms with E-state index in [9.17, 15) is 15.2 Å². The molecule has 0 amide bonds. The molecule has 0 bridgehead atoms. The fraction of sp³-hybridized carbons (Fsp3) is 0.0625. The Labute approximate surface area is 146 Å². The maximum absolute atomic E-state index is 10.9. The summed E-state index contributed by atoms with van der Waals surface area (Å²) in [5.41, 5.74) is 1.80. The van der Waals surface area contributed by atoms with Gasteiger partial charge in [0.2, 0.25) is 0 Å². The summed E-state index contributed by atoms with van der Waals surface area (Å²) in [6.45, 7) is -0.350. The lowest BCUT2D eigenvalue weighted by molar-refractivity contribution is -0.384. The summed E-state index contributed by atoms with van der Waals surface area (Å²) < 4.78 is 5.32. The van der Waals surface area contributed by atoms with Gasteiger partial charge in [-0.15, -0.1) is 0 Å². The van der Waals surface area contributed by atoms with Crippen LogP contribution in [-0.4, -0.2) is 15.2 Å². The predicted molar refractivity (Wildman–Crippen MR) is 90.0 cm³/mol. The van der Waals surface area contributed by atoms with E-state index >= 15 is 0 Å². The number of halogens is 2. The summed E-state index contributed by atoms with van der Waals surface area (Å²) in [4.78, 5) is 10.4. The molecule has 6 nitrogen and oxygen atoms in total. The number of benzene rings is 2. The molecule has 3 aromatic rings. The number of nitro benzene ring substituents is 1. The minimum atomic E-state index is -0.502. The Hall–Kier alpha value is -2.41. The first-order chi connectivity index (χ1) is 11.5. The van der Waals surface area contributed by atoms with Gasteiger partial charge in [-0.3, -0.25) is 10.1 Å². The highest BCUT2D eigenvalue weighted by Gasteiger charge is 2.20. The number of nitrogens with zero attached hydrogens (tertiary/aromatic N) is 2. The maximum atomic E-state index is 10.9. The van der Waals surface area contributed by atoms with Gasteiger partial charge in [0.15, 0.2) is 5.76 Å². The first-order valence-corrected chi connectivity index (χ1v) is 7.56. The first kappa shape index (κ1) is 16.4. The van der Waals surface area contributed by atoms with Crippen LogP contribution in [0.1, 0.15) is 5.56 Å². The van der Waals surface area contributed by atoms with Gasteiger partial charge in [-0.25, -0.2) is 0 Å². The van der Waals surface area contributed by atoms with E-state index in [1.807, 2.05) is 0 Å². The van der Waals surface area contributed by atoms with Crippen molar-refractivity contribution in [2.45, 2.75) is 6.61 Å². The van der Waals surface area contributed by atoms with Gasteiger partial charge in [-0.2, -0.15) is 0 Å². The van der Waals surface area contributed by atoms with Crippen molar-refractivity contribution in [3.8, 4) is 22.6 Å². The topological polar surface area (TPSA) is 89.4 Å². The van der Waals surface area contributed by atoms with Crippen LogP contribution in [0.4, 0.5) is 5.69 Å². The van der Waals surface area contributed by atoms with E-state index in [4.69, 9.17) is 27.7 Å². The van der Waals surface area contributed by atoms with Gasteiger partial charge in [-0.05, 0) is 12.1 Å². The first-order valence-electron chi connectivity index (χ1n) is 6.81. The van der Waals surface area contributed by atoms with Crippen LogP contribution < -0.4 is 0 Å². The zero-order valence-corrected chi connectivity index (χ0v) is 13.6. The standard InChI is InChI=1S/C16H10Cl2N2O4/c17-13-5-4-9(7-14(13)18)15-12(8-21)16(24-19-15)10-2-1-3-11(6-10)20(22)23/h1-7,21H,8H2. The van der Waals surface area contributed by atoms with Gasteiger partial charge < -0.3 is 9.63 Å². The number of nitro groups is 1. The molecule has 0 aliphatic heterocycles. The van der Waals surface area contributed by atoms with Crippen LogP contribution in [0.2, 0.25) is 10.0 Å². The normalized spacial score (nSPS) is 10.8. The zero-order valence-electron chi connectivity index (χ0n) is 12.1. The minimum absolute atomic E-state index is 0.0797. The SMILES string of the molecule is O=[N+]([O-])c1cccc(-c2onc(-c3ccc(Cl)c(Cl)c3)c2CO)c1. The van der Waals surface area contributed by atoms with Crippen LogP contribution in [0.5, 0.6) is 0 Å². The zero-order chi connectivity index (χ0) is 17.3. The number of aromatic nitrogens is 1. The molecule has 1 N–H and O–H groups in total. The van der Waals surface area contributed by atoms with E-state index in [0.29, 0.717) is 32.4 Å². The Morgan fingerprint density at radius 3 is 2.58 bits per heavy atom. The maximum Gasteiger partial charge on any atom is 0.270 e. The molecule has 0 unspecified atom stereocenters. The van der Waals surface area contributed by atoms with E-state index in [1.165, 1.54) is 18.2 Å². The summed E-state index contributed by atoms with van der Waals surface area (Å²) in [5, 5.41) is 25.4. The minimum Gasteiger partial charge on any atom is -0.391 e. The third-order valence-electron chi connectivity index (χ3n) is 3.46. The second-order valence-electron chi connectivity index (χ2n) is 4.93. The Balaban J connectivity index is 2.11. The van der Waals surface area contributed by atoms with Crippen molar-refractivity contribution < 1.29 is 14.6 Å². The van der Waals surface area contributed by atoms with Crippen LogP contribution in [0, 0.1) is 10.1 Å².